The molecule has 4 heterocycles. The fourth-order valence-corrected chi connectivity index (χ4v) is 6.73. The molecule has 2 fully saturated rings. The van der Waals surface area contributed by atoms with Crippen LogP contribution in [0, 0.1) is 6.92 Å². The molecule has 1 aliphatic heterocycles. The molecule has 6 rings (SSSR count). The molecule has 3 aromatic heterocycles. The van der Waals surface area contributed by atoms with Gasteiger partial charge in [0.05, 0.1) is 11.7 Å². The summed E-state index contributed by atoms with van der Waals surface area (Å²) in [6.45, 7) is 8.02. The Morgan fingerprint density at radius 2 is 1.74 bits per heavy atom. The molecule has 9 nitrogen and oxygen atoms in total. The second kappa shape index (κ2) is 12.3. The maximum absolute atomic E-state index is 13.5. The van der Waals surface area contributed by atoms with E-state index >= 15 is 0 Å². The number of nitrogens with zero attached hydrogens (tertiary/aromatic N) is 5. The van der Waals surface area contributed by atoms with Gasteiger partial charge >= 0.3 is 0 Å². The summed E-state index contributed by atoms with van der Waals surface area (Å²) >= 11 is 0. The SMILES string of the molecule is CC(=O)c1c(C)c2cnc(Nc3ccc(C4CCN(Cc5ccc([C@H](C)O)cc5)CC4)cn3)nc2n(C2CCCC2)c1=O. The number of piperidine rings is 1. The molecule has 224 valence electrons. The number of pyridine rings is 2. The van der Waals surface area contributed by atoms with Gasteiger partial charge in [0.1, 0.15) is 11.5 Å². The number of Topliss-reactive ketones (excluding diaryl/α,β-unsaturated/α-hetero) is 1. The minimum atomic E-state index is -0.438. The molecule has 43 heavy (non-hydrogen) atoms. The molecule has 1 saturated heterocycles. The van der Waals surface area contributed by atoms with Crippen LogP contribution in [0.5, 0.6) is 0 Å². The molecule has 0 spiro atoms. The molecular formula is C34H40N6O3. The van der Waals surface area contributed by atoms with Crippen LogP contribution in [0.4, 0.5) is 11.8 Å². The number of aryl methyl sites for hydroxylation is 1. The zero-order valence-corrected chi connectivity index (χ0v) is 25.2. The summed E-state index contributed by atoms with van der Waals surface area (Å²) in [5, 5.41) is 13.7. The Hall–Kier alpha value is -3.95. The number of aliphatic hydroxyl groups is 1. The average molecular weight is 581 g/mol. The number of nitrogens with one attached hydrogen (secondary N) is 1. The van der Waals surface area contributed by atoms with Crippen molar-refractivity contribution in [2.24, 2.45) is 0 Å². The second-order valence-corrected chi connectivity index (χ2v) is 12.2. The molecule has 4 aromatic rings. The Morgan fingerprint density at radius 3 is 2.37 bits per heavy atom. The van der Waals surface area contributed by atoms with E-state index in [4.69, 9.17) is 4.98 Å². The normalized spacial score (nSPS) is 17.4. The van der Waals surface area contributed by atoms with E-state index in [0.717, 1.165) is 69.1 Å². The van der Waals surface area contributed by atoms with Crippen molar-refractivity contribution < 1.29 is 9.90 Å². The third kappa shape index (κ3) is 6.10. The molecule has 1 aliphatic carbocycles. The van der Waals surface area contributed by atoms with Crippen LogP contribution in [-0.2, 0) is 6.54 Å². The molecule has 2 aliphatic rings. The van der Waals surface area contributed by atoms with Gasteiger partial charge < -0.3 is 10.4 Å². The van der Waals surface area contributed by atoms with E-state index in [-0.39, 0.29) is 22.9 Å². The number of carbonyl (C=O) groups excluding carboxylic acids is 1. The van der Waals surface area contributed by atoms with Crippen molar-refractivity contribution in [2.45, 2.75) is 83.9 Å². The summed E-state index contributed by atoms with van der Waals surface area (Å²) in [7, 11) is 0. The average Bonchev–Trinajstić information content (AvgIpc) is 3.53. The van der Waals surface area contributed by atoms with Gasteiger partial charge in [0.15, 0.2) is 5.78 Å². The first kappa shape index (κ1) is 29.1. The first-order valence-corrected chi connectivity index (χ1v) is 15.4. The smallest absolute Gasteiger partial charge is 0.263 e. The number of ketones is 1. The lowest BCUT2D eigenvalue weighted by Crippen LogP contribution is -2.32. The van der Waals surface area contributed by atoms with Gasteiger partial charge in [-0.15, -0.1) is 0 Å². The molecule has 9 heteroatoms. The minimum absolute atomic E-state index is 0.0379. The molecular weight excluding hydrogens is 540 g/mol. The Morgan fingerprint density at radius 1 is 1.02 bits per heavy atom. The van der Waals surface area contributed by atoms with Gasteiger partial charge in [-0.25, -0.2) is 9.97 Å². The number of anilines is 2. The maximum Gasteiger partial charge on any atom is 0.263 e. The monoisotopic (exact) mass is 580 g/mol. The summed E-state index contributed by atoms with van der Waals surface area (Å²) < 4.78 is 1.73. The van der Waals surface area contributed by atoms with E-state index < -0.39 is 6.10 Å². The highest BCUT2D eigenvalue weighted by Crippen LogP contribution is 2.32. The molecule has 2 N–H and O–H groups in total. The fourth-order valence-electron chi connectivity index (χ4n) is 6.73. The summed E-state index contributed by atoms with van der Waals surface area (Å²) in [5.41, 5.74) is 4.63. The maximum atomic E-state index is 13.5. The summed E-state index contributed by atoms with van der Waals surface area (Å²) in [4.78, 5) is 42.3. The molecule has 1 saturated carbocycles. The lowest BCUT2D eigenvalue weighted by atomic mass is 9.90. The third-order valence-corrected chi connectivity index (χ3v) is 9.20. The topological polar surface area (TPSA) is 113 Å². The van der Waals surface area contributed by atoms with Crippen molar-refractivity contribution in [2.75, 3.05) is 18.4 Å². The molecule has 1 atom stereocenters. The van der Waals surface area contributed by atoms with Crippen LogP contribution < -0.4 is 10.9 Å². The number of benzene rings is 1. The van der Waals surface area contributed by atoms with E-state index in [9.17, 15) is 14.7 Å². The molecule has 1 aromatic carbocycles. The Bertz CT molecular complexity index is 1670. The number of carbonyl (C=O) groups is 1. The van der Waals surface area contributed by atoms with Crippen molar-refractivity contribution in [1.82, 2.24) is 24.4 Å². The summed E-state index contributed by atoms with van der Waals surface area (Å²) in [6, 6.07) is 12.4. The van der Waals surface area contributed by atoms with Crippen molar-refractivity contribution >= 4 is 28.6 Å². The Labute approximate surface area is 252 Å². The fraction of sp³-hybridized carbons (Fsp3) is 0.441. The number of rotatable bonds is 8. The number of likely N-dealkylation sites (tertiary alicyclic amines) is 1. The first-order valence-electron chi connectivity index (χ1n) is 15.4. The number of fused-ring (bicyclic) bond motifs is 1. The Balaban J connectivity index is 1.14. The number of hydrogen-bond acceptors (Lipinski definition) is 8. The third-order valence-electron chi connectivity index (χ3n) is 9.20. The van der Waals surface area contributed by atoms with Gasteiger partial charge in [-0.1, -0.05) is 43.2 Å². The van der Waals surface area contributed by atoms with Gasteiger partial charge in [0, 0.05) is 30.4 Å². The molecule has 0 bridgehead atoms. The van der Waals surface area contributed by atoms with Crippen molar-refractivity contribution in [3.05, 3.63) is 87.0 Å². The van der Waals surface area contributed by atoms with Gasteiger partial charge in [0.25, 0.3) is 5.56 Å². The highest BCUT2D eigenvalue weighted by Gasteiger charge is 2.26. The van der Waals surface area contributed by atoms with Crippen LogP contribution in [0.2, 0.25) is 0 Å². The summed E-state index contributed by atoms with van der Waals surface area (Å²) in [6.07, 6.45) is 9.30. The van der Waals surface area contributed by atoms with E-state index in [1.165, 1.54) is 18.1 Å². The second-order valence-electron chi connectivity index (χ2n) is 12.2. The van der Waals surface area contributed by atoms with Crippen LogP contribution in [0.3, 0.4) is 0 Å². The molecule has 0 radical (unpaired) electrons. The quantitative estimate of drug-likeness (QED) is 0.245. The van der Waals surface area contributed by atoms with Crippen LogP contribution in [0.25, 0.3) is 11.0 Å². The number of aromatic nitrogens is 4. The number of hydrogen-bond donors (Lipinski definition) is 2. The van der Waals surface area contributed by atoms with Crippen LogP contribution >= 0.6 is 0 Å². The van der Waals surface area contributed by atoms with Gasteiger partial charge in [-0.2, -0.15) is 4.98 Å². The van der Waals surface area contributed by atoms with Crippen molar-refractivity contribution in [1.29, 1.82) is 0 Å². The Kier molecular flexibility index (Phi) is 8.36. The highest BCUT2D eigenvalue weighted by molar-refractivity contribution is 5.99. The molecule has 0 unspecified atom stereocenters. The zero-order valence-electron chi connectivity index (χ0n) is 25.2. The van der Waals surface area contributed by atoms with E-state index in [1.54, 1.807) is 24.6 Å². The van der Waals surface area contributed by atoms with Gasteiger partial charge in [0.2, 0.25) is 5.95 Å². The predicted octanol–water partition coefficient (Wildman–Crippen LogP) is 5.99. The molecule has 0 amide bonds. The zero-order chi connectivity index (χ0) is 30.1. The number of aliphatic hydroxyl groups excluding tert-OH is 1. The largest absolute Gasteiger partial charge is 0.389 e. The van der Waals surface area contributed by atoms with Crippen LogP contribution in [-0.4, -0.2) is 48.4 Å². The van der Waals surface area contributed by atoms with E-state index in [0.29, 0.717) is 28.9 Å². The predicted molar refractivity (Wildman–Crippen MR) is 168 cm³/mol. The lowest BCUT2D eigenvalue weighted by Gasteiger charge is -2.32. The van der Waals surface area contributed by atoms with E-state index in [2.05, 4.69) is 38.4 Å². The van der Waals surface area contributed by atoms with Crippen molar-refractivity contribution in [3.8, 4) is 0 Å². The van der Waals surface area contributed by atoms with Crippen LogP contribution in [0.15, 0.2) is 53.6 Å². The first-order chi connectivity index (χ1) is 20.8. The van der Waals surface area contributed by atoms with Crippen molar-refractivity contribution in [3.63, 3.8) is 0 Å². The minimum Gasteiger partial charge on any atom is -0.389 e. The van der Waals surface area contributed by atoms with E-state index in [1.807, 2.05) is 24.4 Å². The standard InChI is InChI=1S/C34H40N6O3/c1-21-29-19-36-34(38-32(29)40(28-6-4-5-7-28)33(43)31(21)23(3)42)37-30-13-12-27(18-35-30)26-14-16-39(17-15-26)20-24-8-10-25(11-9-24)22(2)41/h8-13,18-19,22,26,28,41H,4-7,14-17,20H2,1-3H3,(H,35,36,37,38)/t22-/m0/s1. The van der Waals surface area contributed by atoms with Crippen LogP contribution in [0.1, 0.15) is 103 Å². The summed E-state index contributed by atoms with van der Waals surface area (Å²) in [5.74, 6) is 1.26. The lowest BCUT2D eigenvalue weighted by molar-refractivity contribution is 0.101. The van der Waals surface area contributed by atoms with Gasteiger partial charge in [-0.05, 0) is 93.8 Å². The highest BCUT2D eigenvalue weighted by atomic mass is 16.3. The van der Waals surface area contributed by atoms with Gasteiger partial charge in [-0.3, -0.25) is 19.1 Å².